The SMILES string of the molecule is CCOC(=O)c1nc(N(CCc2ccccc2)C(=O)c2ccc(-c3nc(C)no3)cc2)sc1C. The van der Waals surface area contributed by atoms with Gasteiger partial charge in [0.25, 0.3) is 11.8 Å². The Labute approximate surface area is 201 Å². The maximum Gasteiger partial charge on any atom is 0.358 e. The molecule has 0 bridgehead atoms. The highest BCUT2D eigenvalue weighted by molar-refractivity contribution is 7.16. The number of hydrogen-bond donors (Lipinski definition) is 0. The molecule has 0 N–H and O–H groups in total. The lowest BCUT2D eigenvalue weighted by Crippen LogP contribution is -2.33. The normalized spacial score (nSPS) is 10.8. The van der Waals surface area contributed by atoms with Crippen molar-refractivity contribution in [2.24, 2.45) is 0 Å². The largest absolute Gasteiger partial charge is 0.461 e. The Morgan fingerprint density at radius 2 is 1.76 bits per heavy atom. The van der Waals surface area contributed by atoms with E-state index in [0.29, 0.717) is 40.3 Å². The van der Waals surface area contributed by atoms with Gasteiger partial charge in [0.2, 0.25) is 0 Å². The standard InChI is InChI=1S/C25H24N4O4S/c1-4-32-24(31)21-16(2)34-25(27-21)29(15-14-18-8-6-5-7-9-18)23(30)20-12-10-19(11-13-20)22-26-17(3)28-33-22/h5-13H,4,14-15H2,1-3H3. The van der Waals surface area contributed by atoms with E-state index in [2.05, 4.69) is 15.1 Å². The monoisotopic (exact) mass is 476 g/mol. The molecule has 0 saturated heterocycles. The van der Waals surface area contributed by atoms with E-state index in [0.717, 1.165) is 11.1 Å². The number of esters is 1. The molecule has 0 radical (unpaired) electrons. The van der Waals surface area contributed by atoms with Crippen molar-refractivity contribution in [2.45, 2.75) is 27.2 Å². The summed E-state index contributed by atoms with van der Waals surface area (Å²) in [5.41, 5.74) is 2.55. The smallest absolute Gasteiger partial charge is 0.358 e. The second-order valence-corrected chi connectivity index (χ2v) is 8.72. The molecule has 0 aliphatic heterocycles. The van der Waals surface area contributed by atoms with E-state index >= 15 is 0 Å². The van der Waals surface area contributed by atoms with E-state index < -0.39 is 5.97 Å². The van der Waals surface area contributed by atoms with Crippen LogP contribution in [0.4, 0.5) is 5.13 Å². The van der Waals surface area contributed by atoms with E-state index in [4.69, 9.17) is 9.26 Å². The van der Waals surface area contributed by atoms with Gasteiger partial charge in [-0.15, -0.1) is 11.3 Å². The fourth-order valence-corrected chi connectivity index (χ4v) is 4.30. The predicted octanol–water partition coefficient (Wildman–Crippen LogP) is 4.88. The summed E-state index contributed by atoms with van der Waals surface area (Å²) in [4.78, 5) is 36.9. The number of nitrogens with zero attached hydrogens (tertiary/aromatic N) is 4. The van der Waals surface area contributed by atoms with Crippen molar-refractivity contribution in [2.75, 3.05) is 18.1 Å². The lowest BCUT2D eigenvalue weighted by atomic mass is 10.1. The molecule has 8 nitrogen and oxygen atoms in total. The summed E-state index contributed by atoms with van der Waals surface area (Å²) in [6.45, 7) is 5.95. The van der Waals surface area contributed by atoms with Gasteiger partial charge in [0.15, 0.2) is 16.6 Å². The second kappa shape index (κ2) is 10.4. The van der Waals surface area contributed by atoms with Crippen molar-refractivity contribution >= 4 is 28.3 Å². The van der Waals surface area contributed by atoms with Gasteiger partial charge in [-0.05, 0) is 57.0 Å². The number of aromatic nitrogens is 3. The van der Waals surface area contributed by atoms with Gasteiger partial charge < -0.3 is 9.26 Å². The molecule has 1 amide bonds. The van der Waals surface area contributed by atoms with Crippen LogP contribution < -0.4 is 4.90 Å². The van der Waals surface area contributed by atoms with Gasteiger partial charge in [-0.25, -0.2) is 9.78 Å². The van der Waals surface area contributed by atoms with Crippen LogP contribution in [0.5, 0.6) is 0 Å². The Bertz CT molecular complexity index is 1280. The van der Waals surface area contributed by atoms with Gasteiger partial charge in [-0.3, -0.25) is 9.69 Å². The van der Waals surface area contributed by atoms with Gasteiger partial charge in [0.05, 0.1) is 6.61 Å². The fourth-order valence-electron chi connectivity index (χ4n) is 3.38. The summed E-state index contributed by atoms with van der Waals surface area (Å²) < 4.78 is 10.3. The maximum absolute atomic E-state index is 13.6. The molecule has 0 saturated carbocycles. The number of carbonyl (C=O) groups excluding carboxylic acids is 2. The maximum atomic E-state index is 13.6. The number of hydrogen-bond acceptors (Lipinski definition) is 8. The second-order valence-electron chi connectivity index (χ2n) is 7.54. The van der Waals surface area contributed by atoms with E-state index in [9.17, 15) is 9.59 Å². The highest BCUT2D eigenvalue weighted by atomic mass is 32.1. The molecule has 4 rings (SSSR count). The molecule has 0 aliphatic rings. The minimum atomic E-state index is -0.489. The molecule has 0 aliphatic carbocycles. The van der Waals surface area contributed by atoms with Crippen LogP contribution in [0, 0.1) is 13.8 Å². The van der Waals surface area contributed by atoms with Crippen LogP contribution in [-0.4, -0.2) is 40.2 Å². The van der Waals surface area contributed by atoms with Crippen LogP contribution in [0.25, 0.3) is 11.5 Å². The fraction of sp³-hybridized carbons (Fsp3) is 0.240. The predicted molar refractivity (Wildman–Crippen MR) is 129 cm³/mol. The number of aryl methyl sites for hydroxylation is 2. The molecule has 2 aromatic carbocycles. The minimum Gasteiger partial charge on any atom is -0.461 e. The van der Waals surface area contributed by atoms with Crippen LogP contribution in [0.15, 0.2) is 59.1 Å². The Kier molecular flexibility index (Phi) is 7.12. The Hall–Kier alpha value is -3.85. The van der Waals surface area contributed by atoms with Gasteiger partial charge in [0.1, 0.15) is 0 Å². The van der Waals surface area contributed by atoms with E-state index in [1.807, 2.05) is 30.3 Å². The molecule has 0 atom stereocenters. The number of carbonyl (C=O) groups is 2. The average Bonchev–Trinajstić information content (AvgIpc) is 3.45. The Morgan fingerprint density at radius 1 is 1.03 bits per heavy atom. The first-order valence-corrected chi connectivity index (χ1v) is 11.7. The number of benzene rings is 2. The third kappa shape index (κ3) is 5.20. The molecule has 4 aromatic rings. The van der Waals surface area contributed by atoms with Gasteiger partial charge in [-0.1, -0.05) is 35.5 Å². The summed E-state index contributed by atoms with van der Waals surface area (Å²) in [6.07, 6.45) is 0.638. The highest BCUT2D eigenvalue weighted by Gasteiger charge is 2.25. The van der Waals surface area contributed by atoms with Crippen LogP contribution in [0.2, 0.25) is 0 Å². The van der Waals surface area contributed by atoms with E-state index in [1.165, 1.54) is 11.3 Å². The van der Waals surface area contributed by atoms with Crippen molar-refractivity contribution < 1.29 is 18.8 Å². The first-order chi connectivity index (χ1) is 16.5. The topological polar surface area (TPSA) is 98.4 Å². The molecule has 2 aromatic heterocycles. The molecule has 34 heavy (non-hydrogen) atoms. The zero-order valence-corrected chi connectivity index (χ0v) is 20.0. The molecule has 0 spiro atoms. The van der Waals surface area contributed by atoms with Crippen molar-refractivity contribution in [3.8, 4) is 11.5 Å². The Balaban J connectivity index is 1.62. The van der Waals surface area contributed by atoms with Crippen molar-refractivity contribution in [1.29, 1.82) is 0 Å². The average molecular weight is 477 g/mol. The third-order valence-electron chi connectivity index (χ3n) is 5.10. The molecule has 0 fully saturated rings. The minimum absolute atomic E-state index is 0.214. The van der Waals surface area contributed by atoms with E-state index in [1.54, 1.807) is 49.9 Å². The molecule has 0 unspecified atom stereocenters. The molecular weight excluding hydrogens is 452 g/mol. The number of anilines is 1. The Morgan fingerprint density at radius 3 is 2.41 bits per heavy atom. The summed E-state index contributed by atoms with van der Waals surface area (Å²) in [5.74, 6) is 0.233. The van der Waals surface area contributed by atoms with Crippen molar-refractivity contribution in [1.82, 2.24) is 15.1 Å². The van der Waals surface area contributed by atoms with Crippen molar-refractivity contribution in [3.05, 3.63) is 82.1 Å². The summed E-state index contributed by atoms with van der Waals surface area (Å²) in [5, 5.41) is 4.26. The lowest BCUT2D eigenvalue weighted by Gasteiger charge is -2.20. The summed E-state index contributed by atoms with van der Waals surface area (Å²) >= 11 is 1.30. The zero-order valence-electron chi connectivity index (χ0n) is 19.1. The van der Waals surface area contributed by atoms with Gasteiger partial charge in [-0.2, -0.15) is 4.98 Å². The van der Waals surface area contributed by atoms with Gasteiger partial charge >= 0.3 is 5.97 Å². The first-order valence-electron chi connectivity index (χ1n) is 10.9. The van der Waals surface area contributed by atoms with E-state index in [-0.39, 0.29) is 18.2 Å². The van der Waals surface area contributed by atoms with Crippen molar-refractivity contribution in [3.63, 3.8) is 0 Å². The van der Waals surface area contributed by atoms with Crippen LogP contribution in [0.3, 0.4) is 0 Å². The molecule has 174 valence electrons. The number of thiazole rings is 1. The molecule has 9 heteroatoms. The van der Waals surface area contributed by atoms with Crippen LogP contribution in [0.1, 0.15) is 44.0 Å². The number of amides is 1. The molecule has 2 heterocycles. The number of rotatable bonds is 8. The van der Waals surface area contributed by atoms with Gasteiger partial charge in [0, 0.05) is 22.5 Å². The third-order valence-corrected chi connectivity index (χ3v) is 6.10. The number of ether oxygens (including phenoxy) is 1. The zero-order chi connectivity index (χ0) is 24.1. The molecular formula is C25H24N4O4S. The quantitative estimate of drug-likeness (QED) is 0.334. The van der Waals surface area contributed by atoms with Crippen LogP contribution >= 0.6 is 11.3 Å². The highest BCUT2D eigenvalue weighted by Crippen LogP contribution is 2.28. The summed E-state index contributed by atoms with van der Waals surface area (Å²) in [6, 6.07) is 16.9. The van der Waals surface area contributed by atoms with Crippen LogP contribution in [-0.2, 0) is 11.2 Å². The lowest BCUT2D eigenvalue weighted by molar-refractivity contribution is 0.0519. The summed E-state index contributed by atoms with van der Waals surface area (Å²) in [7, 11) is 0. The first kappa shape index (κ1) is 23.3.